The number of anilines is 1. The van der Waals surface area contributed by atoms with Crippen molar-refractivity contribution in [3.05, 3.63) is 29.8 Å². The van der Waals surface area contributed by atoms with Gasteiger partial charge in [0.15, 0.2) is 0 Å². The van der Waals surface area contributed by atoms with Gasteiger partial charge in [-0.3, -0.25) is 9.69 Å². The summed E-state index contributed by atoms with van der Waals surface area (Å²) in [7, 11) is 0. The highest BCUT2D eigenvalue weighted by atomic mass is 16.3. The number of hydrogen-bond donors (Lipinski definition) is 2. The van der Waals surface area contributed by atoms with E-state index in [-0.39, 0.29) is 5.91 Å². The molecule has 0 heterocycles. The minimum absolute atomic E-state index is 0.000485. The number of benzene rings is 1. The molecule has 2 N–H and O–H groups in total. The molecule has 2 rings (SSSR count). The molecular formula is C18H28N2O2. The Balaban J connectivity index is 1.96. The Kier molecular flexibility index (Phi) is 6.40. The molecule has 122 valence electrons. The van der Waals surface area contributed by atoms with Crippen molar-refractivity contribution in [2.45, 2.75) is 58.1 Å². The molecule has 1 amide bonds. The predicted molar refractivity (Wildman–Crippen MR) is 89.9 cm³/mol. The van der Waals surface area contributed by atoms with Crippen LogP contribution in [0, 0.1) is 6.92 Å². The summed E-state index contributed by atoms with van der Waals surface area (Å²) >= 11 is 0. The van der Waals surface area contributed by atoms with E-state index in [1.54, 1.807) is 6.92 Å². The summed E-state index contributed by atoms with van der Waals surface area (Å²) < 4.78 is 0. The molecule has 0 spiro atoms. The quantitative estimate of drug-likeness (QED) is 0.849. The molecule has 0 aliphatic heterocycles. The molecule has 1 unspecified atom stereocenters. The summed E-state index contributed by atoms with van der Waals surface area (Å²) in [5, 5.41) is 12.7. The van der Waals surface area contributed by atoms with Crippen LogP contribution in [0.15, 0.2) is 24.3 Å². The second-order valence-electron chi connectivity index (χ2n) is 6.43. The largest absolute Gasteiger partial charge is 0.392 e. The molecule has 1 aliphatic rings. The third kappa shape index (κ3) is 5.11. The van der Waals surface area contributed by atoms with Crippen molar-refractivity contribution >= 4 is 11.6 Å². The second kappa shape index (κ2) is 8.30. The first kappa shape index (κ1) is 17.0. The molecule has 1 atom stereocenters. The molecule has 1 aromatic rings. The Morgan fingerprint density at radius 1 is 1.32 bits per heavy atom. The maximum Gasteiger partial charge on any atom is 0.238 e. The van der Waals surface area contributed by atoms with Crippen LogP contribution in [-0.2, 0) is 4.79 Å². The highest BCUT2D eigenvalue weighted by molar-refractivity contribution is 5.92. The number of aryl methyl sites for hydroxylation is 1. The van der Waals surface area contributed by atoms with Crippen molar-refractivity contribution in [1.82, 2.24) is 4.90 Å². The van der Waals surface area contributed by atoms with Crippen molar-refractivity contribution in [3.8, 4) is 0 Å². The number of amides is 1. The Morgan fingerprint density at radius 3 is 2.64 bits per heavy atom. The number of carbonyl (C=O) groups is 1. The predicted octanol–water partition coefficient (Wildman–Crippen LogP) is 2.95. The second-order valence-corrected chi connectivity index (χ2v) is 6.43. The van der Waals surface area contributed by atoms with Crippen molar-refractivity contribution < 1.29 is 9.90 Å². The van der Waals surface area contributed by atoms with Crippen LogP contribution in [0.2, 0.25) is 0 Å². The molecule has 22 heavy (non-hydrogen) atoms. The van der Waals surface area contributed by atoms with E-state index >= 15 is 0 Å². The number of hydrogen-bond acceptors (Lipinski definition) is 3. The van der Waals surface area contributed by atoms with Crippen molar-refractivity contribution in [1.29, 1.82) is 0 Å². The lowest BCUT2D eigenvalue weighted by molar-refractivity contribution is -0.118. The van der Waals surface area contributed by atoms with Gasteiger partial charge >= 0.3 is 0 Å². The van der Waals surface area contributed by atoms with E-state index in [0.29, 0.717) is 19.1 Å². The molecular weight excluding hydrogens is 276 g/mol. The number of para-hydroxylation sites is 1. The van der Waals surface area contributed by atoms with Crippen LogP contribution in [0.3, 0.4) is 0 Å². The van der Waals surface area contributed by atoms with Crippen molar-refractivity contribution in [2.75, 3.05) is 18.4 Å². The van der Waals surface area contributed by atoms with E-state index in [1.807, 2.05) is 31.2 Å². The van der Waals surface area contributed by atoms with E-state index < -0.39 is 6.10 Å². The Bertz CT molecular complexity index is 482. The normalized spacial score (nSPS) is 17.5. The van der Waals surface area contributed by atoms with Gasteiger partial charge < -0.3 is 10.4 Å². The highest BCUT2D eigenvalue weighted by Crippen LogP contribution is 2.23. The third-order valence-electron chi connectivity index (χ3n) is 4.36. The molecule has 1 fully saturated rings. The molecule has 1 saturated carbocycles. The maximum atomic E-state index is 12.4. The lowest BCUT2D eigenvalue weighted by atomic mass is 9.94. The molecule has 4 heteroatoms. The van der Waals surface area contributed by atoms with Crippen LogP contribution in [0.5, 0.6) is 0 Å². The fraction of sp³-hybridized carbons (Fsp3) is 0.611. The van der Waals surface area contributed by atoms with Crippen LogP contribution in [-0.4, -0.2) is 41.1 Å². The van der Waals surface area contributed by atoms with Gasteiger partial charge in [-0.05, 0) is 38.3 Å². The van der Waals surface area contributed by atoms with E-state index in [2.05, 4.69) is 10.2 Å². The van der Waals surface area contributed by atoms with Gasteiger partial charge in [0.2, 0.25) is 5.91 Å². The van der Waals surface area contributed by atoms with Gasteiger partial charge in [-0.15, -0.1) is 0 Å². The van der Waals surface area contributed by atoms with Gasteiger partial charge in [-0.25, -0.2) is 0 Å². The number of aliphatic hydroxyl groups is 1. The zero-order chi connectivity index (χ0) is 15.9. The first-order chi connectivity index (χ1) is 10.6. The summed E-state index contributed by atoms with van der Waals surface area (Å²) in [6.07, 6.45) is 5.58. The maximum absolute atomic E-state index is 12.4. The van der Waals surface area contributed by atoms with Crippen LogP contribution < -0.4 is 5.32 Å². The SMILES string of the molecule is Cc1ccccc1NC(=O)CN(CC(C)O)C1CCCCC1. The number of aliphatic hydroxyl groups excluding tert-OH is 1. The lowest BCUT2D eigenvalue weighted by Gasteiger charge is -2.34. The van der Waals surface area contributed by atoms with Crippen molar-refractivity contribution in [3.63, 3.8) is 0 Å². The van der Waals surface area contributed by atoms with Gasteiger partial charge in [0.05, 0.1) is 12.6 Å². The highest BCUT2D eigenvalue weighted by Gasteiger charge is 2.24. The number of carbonyl (C=O) groups excluding carboxylic acids is 1. The van der Waals surface area contributed by atoms with Crippen LogP contribution in [0.4, 0.5) is 5.69 Å². The molecule has 0 bridgehead atoms. The Morgan fingerprint density at radius 2 is 2.00 bits per heavy atom. The first-order valence-corrected chi connectivity index (χ1v) is 8.34. The van der Waals surface area contributed by atoms with Gasteiger partial charge in [0.1, 0.15) is 0 Å². The number of rotatable bonds is 6. The fourth-order valence-electron chi connectivity index (χ4n) is 3.22. The number of nitrogens with one attached hydrogen (secondary N) is 1. The lowest BCUT2D eigenvalue weighted by Crippen LogP contribution is -2.45. The van der Waals surface area contributed by atoms with Gasteiger partial charge in [-0.1, -0.05) is 37.5 Å². The van der Waals surface area contributed by atoms with E-state index in [4.69, 9.17) is 0 Å². The summed E-state index contributed by atoms with van der Waals surface area (Å²) in [5.74, 6) is 0.000485. The van der Waals surface area contributed by atoms with E-state index in [9.17, 15) is 9.90 Å². The van der Waals surface area contributed by atoms with E-state index in [0.717, 1.165) is 24.1 Å². The third-order valence-corrected chi connectivity index (χ3v) is 4.36. The molecule has 1 aromatic carbocycles. The standard InChI is InChI=1S/C18H28N2O2/c1-14-8-6-7-11-17(14)19-18(22)13-20(12-15(2)21)16-9-4-3-5-10-16/h6-8,11,15-16,21H,3-5,9-10,12-13H2,1-2H3,(H,19,22). The summed E-state index contributed by atoms with van der Waals surface area (Å²) in [5.41, 5.74) is 1.93. The number of nitrogens with zero attached hydrogens (tertiary/aromatic N) is 1. The zero-order valence-corrected chi connectivity index (χ0v) is 13.7. The van der Waals surface area contributed by atoms with E-state index in [1.165, 1.54) is 19.3 Å². The topological polar surface area (TPSA) is 52.6 Å². The summed E-state index contributed by atoms with van der Waals surface area (Å²) in [6.45, 7) is 4.69. The molecule has 1 aliphatic carbocycles. The van der Waals surface area contributed by atoms with Gasteiger partial charge in [-0.2, -0.15) is 0 Å². The minimum atomic E-state index is -0.409. The molecule has 4 nitrogen and oxygen atoms in total. The average Bonchev–Trinajstić information content (AvgIpc) is 2.49. The molecule has 0 aromatic heterocycles. The van der Waals surface area contributed by atoms with Crippen molar-refractivity contribution in [2.24, 2.45) is 0 Å². The first-order valence-electron chi connectivity index (χ1n) is 8.34. The monoisotopic (exact) mass is 304 g/mol. The Labute approximate surface area is 133 Å². The Hall–Kier alpha value is -1.39. The van der Waals surface area contributed by atoms with Gasteiger partial charge in [0.25, 0.3) is 0 Å². The van der Waals surface area contributed by atoms with Gasteiger partial charge in [0, 0.05) is 18.3 Å². The van der Waals surface area contributed by atoms with Crippen LogP contribution >= 0.6 is 0 Å². The molecule has 0 radical (unpaired) electrons. The summed E-state index contributed by atoms with van der Waals surface area (Å²) in [4.78, 5) is 14.5. The van der Waals surface area contributed by atoms with Crippen LogP contribution in [0.1, 0.15) is 44.6 Å². The molecule has 0 saturated heterocycles. The average molecular weight is 304 g/mol. The summed E-state index contributed by atoms with van der Waals surface area (Å²) in [6, 6.07) is 8.23. The van der Waals surface area contributed by atoms with Crippen LogP contribution in [0.25, 0.3) is 0 Å². The smallest absolute Gasteiger partial charge is 0.238 e. The zero-order valence-electron chi connectivity index (χ0n) is 13.7. The fourth-order valence-corrected chi connectivity index (χ4v) is 3.22. The minimum Gasteiger partial charge on any atom is -0.392 e.